The maximum absolute atomic E-state index is 2.65. The minimum Gasteiger partial charge on any atom is -0.0785 e. The first kappa shape index (κ1) is 9.93. The van der Waals surface area contributed by atoms with Gasteiger partial charge >= 0.3 is 0 Å². The third-order valence-corrected chi connectivity index (χ3v) is 6.60. The lowest BCUT2D eigenvalue weighted by molar-refractivity contribution is 0.0228. The number of rotatable bonds is 0. The van der Waals surface area contributed by atoms with Crippen LogP contribution in [0.4, 0.5) is 0 Å². The van der Waals surface area contributed by atoms with Crippen LogP contribution in [0.5, 0.6) is 0 Å². The van der Waals surface area contributed by atoms with E-state index >= 15 is 0 Å². The molecule has 4 unspecified atom stereocenters. The fourth-order valence-corrected chi connectivity index (χ4v) is 5.86. The highest BCUT2D eigenvalue weighted by atomic mass is 14.7. The molecular weight excluding hydrogens is 180 g/mol. The van der Waals surface area contributed by atoms with E-state index in [1.54, 1.807) is 5.57 Å². The van der Waals surface area contributed by atoms with Gasteiger partial charge in [0.05, 0.1) is 0 Å². The van der Waals surface area contributed by atoms with E-state index in [1.165, 1.54) is 32.1 Å². The van der Waals surface area contributed by atoms with Crippen LogP contribution in [0, 0.1) is 22.2 Å². The predicted octanol–water partition coefficient (Wildman–Crippen LogP) is 4.56. The number of allylic oxidation sites excluding steroid dienone is 2. The van der Waals surface area contributed by atoms with E-state index in [0.29, 0.717) is 16.2 Å². The quantitative estimate of drug-likeness (QED) is 0.507. The van der Waals surface area contributed by atoms with Gasteiger partial charge in [0, 0.05) is 0 Å². The number of hydrogen-bond donors (Lipinski definition) is 0. The van der Waals surface area contributed by atoms with E-state index < -0.39 is 0 Å². The molecule has 2 fully saturated rings. The topological polar surface area (TPSA) is 0 Å². The van der Waals surface area contributed by atoms with Crippen molar-refractivity contribution in [1.82, 2.24) is 0 Å². The summed E-state index contributed by atoms with van der Waals surface area (Å²) >= 11 is 0. The molecule has 0 heteroatoms. The zero-order valence-electron chi connectivity index (χ0n) is 10.7. The molecule has 4 atom stereocenters. The summed E-state index contributed by atoms with van der Waals surface area (Å²) in [6, 6.07) is 0. The Morgan fingerprint density at radius 2 is 1.93 bits per heavy atom. The van der Waals surface area contributed by atoms with Gasteiger partial charge < -0.3 is 0 Å². The molecule has 0 aromatic heterocycles. The smallest absolute Gasteiger partial charge is 0.00517 e. The van der Waals surface area contributed by atoms with E-state index in [1.807, 2.05) is 0 Å². The second-order valence-corrected chi connectivity index (χ2v) is 6.84. The molecule has 0 aromatic carbocycles. The van der Waals surface area contributed by atoms with Crippen LogP contribution in [0.25, 0.3) is 0 Å². The van der Waals surface area contributed by atoms with Crippen LogP contribution < -0.4 is 0 Å². The summed E-state index contributed by atoms with van der Waals surface area (Å²) in [5.74, 6) is 0.934. The third-order valence-electron chi connectivity index (χ3n) is 6.60. The summed E-state index contributed by atoms with van der Waals surface area (Å²) in [5.41, 5.74) is 3.40. The second-order valence-electron chi connectivity index (χ2n) is 6.84. The van der Waals surface area contributed by atoms with Gasteiger partial charge in [0.1, 0.15) is 0 Å². The molecule has 0 saturated heterocycles. The summed E-state index contributed by atoms with van der Waals surface area (Å²) in [5, 5.41) is 0. The van der Waals surface area contributed by atoms with Gasteiger partial charge in [-0.2, -0.15) is 0 Å². The molecule has 1 spiro atoms. The monoisotopic (exact) mass is 204 g/mol. The van der Waals surface area contributed by atoms with Gasteiger partial charge in [-0.25, -0.2) is 0 Å². The van der Waals surface area contributed by atoms with Crippen LogP contribution in [-0.4, -0.2) is 0 Å². The molecule has 84 valence electrons. The minimum atomic E-state index is 0.530. The lowest BCUT2D eigenvalue weighted by atomic mass is 9.55. The highest BCUT2D eigenvalue weighted by molar-refractivity contribution is 5.36. The largest absolute Gasteiger partial charge is 0.0785 e. The lowest BCUT2D eigenvalue weighted by Crippen LogP contribution is -2.42. The van der Waals surface area contributed by atoms with Gasteiger partial charge in [-0.1, -0.05) is 38.8 Å². The standard InChI is InChI=1S/C15H24/c1-11-6-9-14(4)12(2)10-13(3)7-5-8-15(11,13)14/h10-11H,5-9H2,1-4H3. The fraction of sp³-hybridized carbons (Fsp3) is 0.867. The molecule has 0 heterocycles. The van der Waals surface area contributed by atoms with Crippen molar-refractivity contribution < 1.29 is 0 Å². The first-order valence-corrected chi connectivity index (χ1v) is 6.66. The van der Waals surface area contributed by atoms with E-state index in [9.17, 15) is 0 Å². The van der Waals surface area contributed by atoms with Crippen molar-refractivity contribution in [3.8, 4) is 0 Å². The van der Waals surface area contributed by atoms with Crippen LogP contribution in [-0.2, 0) is 0 Å². The van der Waals surface area contributed by atoms with E-state index in [-0.39, 0.29) is 0 Å². The van der Waals surface area contributed by atoms with Crippen molar-refractivity contribution in [3.05, 3.63) is 11.6 Å². The first-order valence-electron chi connectivity index (χ1n) is 6.66. The molecule has 0 amide bonds. The van der Waals surface area contributed by atoms with E-state index in [0.717, 1.165) is 5.92 Å². The second kappa shape index (κ2) is 2.52. The summed E-state index contributed by atoms with van der Waals surface area (Å²) in [6.07, 6.45) is 9.92. The average Bonchev–Trinajstić information content (AvgIpc) is 2.67. The maximum Gasteiger partial charge on any atom is -0.00517 e. The molecular formula is C15H24. The minimum absolute atomic E-state index is 0.530. The maximum atomic E-state index is 2.65. The van der Waals surface area contributed by atoms with Crippen LogP contribution in [0.3, 0.4) is 0 Å². The van der Waals surface area contributed by atoms with Crippen LogP contribution in [0.2, 0.25) is 0 Å². The first-order chi connectivity index (χ1) is 6.96. The van der Waals surface area contributed by atoms with Crippen molar-refractivity contribution in [2.24, 2.45) is 22.2 Å². The van der Waals surface area contributed by atoms with Crippen molar-refractivity contribution in [2.45, 2.75) is 59.8 Å². The van der Waals surface area contributed by atoms with Gasteiger partial charge in [-0.15, -0.1) is 0 Å². The van der Waals surface area contributed by atoms with Crippen LogP contribution in [0.1, 0.15) is 59.8 Å². The summed E-state index contributed by atoms with van der Waals surface area (Å²) in [6.45, 7) is 10.0. The van der Waals surface area contributed by atoms with Crippen molar-refractivity contribution in [2.75, 3.05) is 0 Å². The predicted molar refractivity (Wildman–Crippen MR) is 64.7 cm³/mol. The SMILES string of the molecule is CC1=CC2(C)CCCC23C(C)CCC13C. The van der Waals surface area contributed by atoms with Crippen LogP contribution in [0.15, 0.2) is 11.6 Å². The Morgan fingerprint density at radius 3 is 2.67 bits per heavy atom. The highest BCUT2D eigenvalue weighted by Gasteiger charge is 2.68. The zero-order chi connectivity index (χ0) is 10.9. The number of hydrogen-bond acceptors (Lipinski definition) is 0. The van der Waals surface area contributed by atoms with Gasteiger partial charge in [-0.3, -0.25) is 0 Å². The normalized spacial score (nSPS) is 57.9. The molecule has 0 radical (unpaired) electrons. The Hall–Kier alpha value is -0.260. The molecule has 0 aromatic rings. The molecule has 3 rings (SSSR count). The van der Waals surface area contributed by atoms with Crippen molar-refractivity contribution >= 4 is 0 Å². The Balaban J connectivity index is 2.22. The lowest BCUT2D eigenvalue weighted by Gasteiger charge is -2.48. The summed E-state index contributed by atoms with van der Waals surface area (Å²) in [4.78, 5) is 0. The van der Waals surface area contributed by atoms with Gasteiger partial charge in [0.25, 0.3) is 0 Å². The molecule has 15 heavy (non-hydrogen) atoms. The van der Waals surface area contributed by atoms with Gasteiger partial charge in [-0.05, 0) is 54.8 Å². The Bertz CT molecular complexity index is 340. The highest BCUT2D eigenvalue weighted by Crippen LogP contribution is 2.77. The molecule has 0 N–H and O–H groups in total. The molecule has 2 saturated carbocycles. The average molecular weight is 204 g/mol. The van der Waals surface area contributed by atoms with Gasteiger partial charge in [0.2, 0.25) is 0 Å². The van der Waals surface area contributed by atoms with Crippen molar-refractivity contribution in [1.29, 1.82) is 0 Å². The molecule has 0 nitrogen and oxygen atoms in total. The van der Waals surface area contributed by atoms with Crippen molar-refractivity contribution in [3.63, 3.8) is 0 Å². The summed E-state index contributed by atoms with van der Waals surface area (Å²) in [7, 11) is 0. The van der Waals surface area contributed by atoms with E-state index in [2.05, 4.69) is 33.8 Å². The van der Waals surface area contributed by atoms with Gasteiger partial charge in [0.15, 0.2) is 0 Å². The van der Waals surface area contributed by atoms with E-state index in [4.69, 9.17) is 0 Å². The Labute approximate surface area is 94.1 Å². The summed E-state index contributed by atoms with van der Waals surface area (Å²) < 4.78 is 0. The third kappa shape index (κ3) is 0.797. The Morgan fingerprint density at radius 1 is 1.20 bits per heavy atom. The zero-order valence-corrected chi connectivity index (χ0v) is 10.7. The molecule has 3 aliphatic rings. The molecule has 3 aliphatic carbocycles. The Kier molecular flexibility index (Phi) is 1.67. The molecule has 0 bridgehead atoms. The molecule has 0 aliphatic heterocycles. The van der Waals surface area contributed by atoms with Crippen LogP contribution >= 0.6 is 0 Å². The fourth-order valence-electron chi connectivity index (χ4n) is 5.86.